The Hall–Kier alpha value is -1.16. The van der Waals surface area contributed by atoms with E-state index in [0.717, 1.165) is 22.9 Å². The summed E-state index contributed by atoms with van der Waals surface area (Å²) >= 11 is 5.15. The maximum Gasteiger partial charge on any atom is 0.166 e. The summed E-state index contributed by atoms with van der Waals surface area (Å²) in [6, 6.07) is 4.69. The van der Waals surface area contributed by atoms with E-state index in [1.165, 1.54) is 12.8 Å². The number of nitrogens with one attached hydrogen (secondary N) is 2. The lowest BCUT2D eigenvalue weighted by Crippen LogP contribution is -2.36. The Morgan fingerprint density at radius 2 is 2.33 bits per heavy atom. The van der Waals surface area contributed by atoms with Crippen molar-refractivity contribution in [3.05, 3.63) is 29.6 Å². The average Bonchev–Trinajstić information content (AvgIpc) is 3.01. The third kappa shape index (κ3) is 3.47. The van der Waals surface area contributed by atoms with Crippen LogP contribution in [0, 0.1) is 6.92 Å². The van der Waals surface area contributed by atoms with E-state index in [9.17, 15) is 0 Å². The SMILES string of the molecule is Cc1ccc(CNC(=S)NC2CC2)cn1. The van der Waals surface area contributed by atoms with Gasteiger partial charge in [-0.2, -0.15) is 0 Å². The molecule has 0 bridgehead atoms. The minimum atomic E-state index is 0.612. The molecule has 0 atom stereocenters. The van der Waals surface area contributed by atoms with Gasteiger partial charge < -0.3 is 10.6 Å². The Balaban J connectivity index is 1.76. The number of aromatic nitrogens is 1. The molecule has 1 aromatic heterocycles. The smallest absolute Gasteiger partial charge is 0.166 e. The fourth-order valence-electron chi connectivity index (χ4n) is 1.25. The van der Waals surface area contributed by atoms with Crippen LogP contribution in [0.3, 0.4) is 0 Å². The zero-order valence-electron chi connectivity index (χ0n) is 8.79. The first kappa shape index (κ1) is 10.4. The van der Waals surface area contributed by atoms with Gasteiger partial charge in [-0.1, -0.05) is 6.07 Å². The van der Waals surface area contributed by atoms with Gasteiger partial charge in [0, 0.05) is 24.5 Å². The van der Waals surface area contributed by atoms with Gasteiger partial charge >= 0.3 is 0 Å². The molecule has 1 saturated carbocycles. The van der Waals surface area contributed by atoms with Crippen LogP contribution < -0.4 is 10.6 Å². The molecule has 1 heterocycles. The lowest BCUT2D eigenvalue weighted by molar-refractivity contribution is 0.826. The first-order valence-corrected chi connectivity index (χ1v) is 5.61. The predicted molar refractivity (Wildman–Crippen MR) is 64.6 cm³/mol. The van der Waals surface area contributed by atoms with Crippen molar-refractivity contribution in [3.8, 4) is 0 Å². The van der Waals surface area contributed by atoms with E-state index in [4.69, 9.17) is 12.2 Å². The highest BCUT2D eigenvalue weighted by Gasteiger charge is 2.21. The number of pyridine rings is 1. The molecule has 3 nitrogen and oxygen atoms in total. The van der Waals surface area contributed by atoms with Crippen LogP contribution in [0.25, 0.3) is 0 Å². The van der Waals surface area contributed by atoms with Crippen molar-refractivity contribution < 1.29 is 0 Å². The fourth-order valence-corrected chi connectivity index (χ4v) is 1.49. The Bertz CT molecular complexity index is 343. The minimum Gasteiger partial charge on any atom is -0.360 e. The van der Waals surface area contributed by atoms with Gasteiger partial charge in [0.05, 0.1) is 0 Å². The van der Waals surface area contributed by atoms with Crippen LogP contribution in [-0.2, 0) is 6.54 Å². The second kappa shape index (κ2) is 4.57. The van der Waals surface area contributed by atoms with Gasteiger partial charge in [-0.3, -0.25) is 4.98 Å². The molecule has 1 aliphatic rings. The van der Waals surface area contributed by atoms with E-state index in [2.05, 4.69) is 21.7 Å². The van der Waals surface area contributed by atoms with Gasteiger partial charge in [0.2, 0.25) is 0 Å². The molecular weight excluding hydrogens is 206 g/mol. The van der Waals surface area contributed by atoms with E-state index < -0.39 is 0 Å². The summed E-state index contributed by atoms with van der Waals surface area (Å²) in [5.74, 6) is 0. The molecular formula is C11H15N3S. The van der Waals surface area contributed by atoms with Gasteiger partial charge in [0.1, 0.15) is 0 Å². The fraction of sp³-hybridized carbons (Fsp3) is 0.455. The Kier molecular flexibility index (Phi) is 3.16. The summed E-state index contributed by atoms with van der Waals surface area (Å²) in [4.78, 5) is 4.23. The monoisotopic (exact) mass is 221 g/mol. The molecule has 0 unspecified atom stereocenters. The molecule has 1 aromatic rings. The molecule has 0 spiro atoms. The zero-order valence-corrected chi connectivity index (χ0v) is 9.60. The van der Waals surface area contributed by atoms with Gasteiger partial charge in [-0.15, -0.1) is 0 Å². The number of hydrogen-bond acceptors (Lipinski definition) is 2. The van der Waals surface area contributed by atoms with Crippen molar-refractivity contribution in [2.24, 2.45) is 0 Å². The summed E-state index contributed by atoms with van der Waals surface area (Å²) in [7, 11) is 0. The van der Waals surface area contributed by atoms with Gasteiger partial charge in [-0.05, 0) is 43.6 Å². The van der Waals surface area contributed by atoms with Crippen molar-refractivity contribution in [1.29, 1.82) is 0 Å². The van der Waals surface area contributed by atoms with E-state index >= 15 is 0 Å². The standard InChI is InChI=1S/C11H15N3S/c1-8-2-3-9(6-12-8)7-13-11(15)14-10-4-5-10/h2-3,6,10H,4-5,7H2,1H3,(H2,13,14,15). The van der Waals surface area contributed by atoms with Crippen LogP contribution in [-0.4, -0.2) is 16.1 Å². The van der Waals surface area contributed by atoms with Crippen LogP contribution in [0.4, 0.5) is 0 Å². The first-order chi connectivity index (χ1) is 7.24. The largest absolute Gasteiger partial charge is 0.360 e. The van der Waals surface area contributed by atoms with Crippen LogP contribution in [0.2, 0.25) is 0 Å². The van der Waals surface area contributed by atoms with Gasteiger partial charge in [0.15, 0.2) is 5.11 Å². The molecule has 0 saturated heterocycles. The summed E-state index contributed by atoms with van der Waals surface area (Å²) < 4.78 is 0. The van der Waals surface area contributed by atoms with Crippen LogP contribution in [0.15, 0.2) is 18.3 Å². The van der Waals surface area contributed by atoms with Crippen molar-refractivity contribution in [2.75, 3.05) is 0 Å². The van der Waals surface area contributed by atoms with Gasteiger partial charge in [-0.25, -0.2) is 0 Å². The molecule has 4 heteroatoms. The number of nitrogens with zero attached hydrogens (tertiary/aromatic N) is 1. The molecule has 0 radical (unpaired) electrons. The Morgan fingerprint density at radius 3 is 2.93 bits per heavy atom. The molecule has 2 rings (SSSR count). The highest BCUT2D eigenvalue weighted by molar-refractivity contribution is 7.80. The summed E-state index contributed by atoms with van der Waals surface area (Å²) in [5, 5.41) is 7.15. The topological polar surface area (TPSA) is 37.0 Å². The Morgan fingerprint density at radius 1 is 1.53 bits per heavy atom. The lowest BCUT2D eigenvalue weighted by atomic mass is 10.2. The van der Waals surface area contributed by atoms with Gasteiger partial charge in [0.25, 0.3) is 0 Å². The average molecular weight is 221 g/mol. The summed E-state index contributed by atoms with van der Waals surface area (Å²) in [5.41, 5.74) is 2.19. The van der Waals surface area contributed by atoms with Crippen LogP contribution >= 0.6 is 12.2 Å². The van der Waals surface area contributed by atoms with Crippen LogP contribution in [0.1, 0.15) is 24.1 Å². The second-order valence-electron chi connectivity index (χ2n) is 3.91. The Labute approximate surface area is 95.3 Å². The first-order valence-electron chi connectivity index (χ1n) is 5.20. The number of thiocarbonyl (C=S) groups is 1. The molecule has 0 amide bonds. The molecule has 80 valence electrons. The molecule has 1 aliphatic carbocycles. The van der Waals surface area contributed by atoms with Crippen molar-refractivity contribution in [3.63, 3.8) is 0 Å². The number of hydrogen-bond donors (Lipinski definition) is 2. The predicted octanol–water partition coefficient (Wildman–Crippen LogP) is 1.52. The zero-order chi connectivity index (χ0) is 10.7. The summed E-state index contributed by atoms with van der Waals surface area (Å²) in [6.45, 7) is 2.72. The maximum absolute atomic E-state index is 5.15. The number of aryl methyl sites for hydroxylation is 1. The van der Waals surface area contributed by atoms with E-state index in [1.807, 2.05) is 19.2 Å². The van der Waals surface area contributed by atoms with Crippen molar-refractivity contribution in [1.82, 2.24) is 15.6 Å². The van der Waals surface area contributed by atoms with E-state index in [1.54, 1.807) is 0 Å². The maximum atomic E-state index is 5.15. The third-order valence-electron chi connectivity index (χ3n) is 2.34. The molecule has 0 aliphatic heterocycles. The van der Waals surface area contributed by atoms with Crippen molar-refractivity contribution >= 4 is 17.3 Å². The molecule has 0 aromatic carbocycles. The molecule has 15 heavy (non-hydrogen) atoms. The quantitative estimate of drug-likeness (QED) is 0.759. The number of rotatable bonds is 3. The highest BCUT2D eigenvalue weighted by atomic mass is 32.1. The van der Waals surface area contributed by atoms with Crippen LogP contribution in [0.5, 0.6) is 0 Å². The second-order valence-corrected chi connectivity index (χ2v) is 4.32. The van der Waals surface area contributed by atoms with Crippen molar-refractivity contribution in [2.45, 2.75) is 32.4 Å². The molecule has 1 fully saturated rings. The minimum absolute atomic E-state index is 0.612. The summed E-state index contributed by atoms with van der Waals surface area (Å²) in [6.07, 6.45) is 4.36. The lowest BCUT2D eigenvalue weighted by Gasteiger charge is -2.09. The highest BCUT2D eigenvalue weighted by Crippen LogP contribution is 2.18. The normalized spacial score (nSPS) is 14.7. The van der Waals surface area contributed by atoms with E-state index in [0.29, 0.717) is 6.04 Å². The van der Waals surface area contributed by atoms with E-state index in [-0.39, 0.29) is 0 Å². The molecule has 2 N–H and O–H groups in total. The third-order valence-corrected chi connectivity index (χ3v) is 2.60.